The monoisotopic (exact) mass is 286 g/mol. The predicted octanol–water partition coefficient (Wildman–Crippen LogP) is 3.28. The molecular weight excluding hydrogens is 265 g/mol. The van der Waals surface area contributed by atoms with Gasteiger partial charge in [0.25, 0.3) is 0 Å². The zero-order chi connectivity index (χ0) is 14.6. The molecule has 1 saturated heterocycles. The van der Waals surface area contributed by atoms with E-state index in [-0.39, 0.29) is 12.6 Å². The molecule has 0 aliphatic carbocycles. The van der Waals surface area contributed by atoms with Crippen molar-refractivity contribution in [1.29, 1.82) is 0 Å². The molecule has 0 aromatic heterocycles. The number of nitrogens with zero attached hydrogens (tertiary/aromatic N) is 1. The van der Waals surface area contributed by atoms with E-state index in [1.165, 1.54) is 6.07 Å². The molecule has 1 fully saturated rings. The minimum absolute atomic E-state index is 0.276. The van der Waals surface area contributed by atoms with E-state index in [0.717, 1.165) is 38.5 Å². The Morgan fingerprint density at radius 2 is 2.05 bits per heavy atom. The topological polar surface area (TPSA) is 15.3 Å². The summed E-state index contributed by atoms with van der Waals surface area (Å²) < 4.78 is 38.7. The third-order valence-electron chi connectivity index (χ3n) is 3.86. The Hall–Kier alpha value is -1.07. The number of likely N-dealkylation sites (N-methyl/N-ethyl adjacent to an activating group) is 1. The average molecular weight is 286 g/mol. The summed E-state index contributed by atoms with van der Waals surface area (Å²) in [5.74, 6) is 0. The van der Waals surface area contributed by atoms with Crippen LogP contribution in [0.4, 0.5) is 13.2 Å². The molecule has 2 nitrogen and oxygen atoms in total. The van der Waals surface area contributed by atoms with Crippen LogP contribution >= 0.6 is 0 Å². The van der Waals surface area contributed by atoms with Crippen molar-refractivity contribution < 1.29 is 13.2 Å². The van der Waals surface area contributed by atoms with Crippen LogP contribution in [0.3, 0.4) is 0 Å². The summed E-state index contributed by atoms with van der Waals surface area (Å²) in [7, 11) is 0. The van der Waals surface area contributed by atoms with Gasteiger partial charge in [0.1, 0.15) is 0 Å². The summed E-state index contributed by atoms with van der Waals surface area (Å²) in [6.45, 7) is 5.40. The first-order valence-electron chi connectivity index (χ1n) is 7.11. The molecule has 1 aliphatic rings. The lowest BCUT2D eigenvalue weighted by atomic mass is 10.0. The fourth-order valence-corrected chi connectivity index (χ4v) is 2.71. The van der Waals surface area contributed by atoms with Crippen LogP contribution < -0.4 is 5.32 Å². The number of alkyl halides is 3. The fourth-order valence-electron chi connectivity index (χ4n) is 2.71. The maximum absolute atomic E-state index is 12.9. The van der Waals surface area contributed by atoms with Crippen molar-refractivity contribution in [3.05, 3.63) is 35.4 Å². The van der Waals surface area contributed by atoms with Crippen LogP contribution in [0.25, 0.3) is 0 Å². The van der Waals surface area contributed by atoms with E-state index < -0.39 is 11.7 Å². The second-order valence-corrected chi connectivity index (χ2v) is 5.27. The van der Waals surface area contributed by atoms with Gasteiger partial charge < -0.3 is 10.2 Å². The molecule has 20 heavy (non-hydrogen) atoms. The van der Waals surface area contributed by atoms with Gasteiger partial charge in [-0.25, -0.2) is 0 Å². The molecule has 1 aromatic rings. The van der Waals surface area contributed by atoms with Gasteiger partial charge in [-0.1, -0.05) is 25.1 Å². The van der Waals surface area contributed by atoms with Gasteiger partial charge in [-0.3, -0.25) is 0 Å². The quantitative estimate of drug-likeness (QED) is 0.914. The summed E-state index contributed by atoms with van der Waals surface area (Å²) in [5, 5.41) is 3.27. The second-order valence-electron chi connectivity index (χ2n) is 5.27. The molecule has 0 saturated carbocycles. The summed E-state index contributed by atoms with van der Waals surface area (Å²) in [5.41, 5.74) is -0.204. The lowest BCUT2D eigenvalue weighted by Crippen LogP contribution is -2.45. The number of hydrogen-bond donors (Lipinski definition) is 1. The Balaban J connectivity index is 1.97. The summed E-state index contributed by atoms with van der Waals surface area (Å²) in [4.78, 5) is 2.33. The molecule has 5 heteroatoms. The Kier molecular flexibility index (Phi) is 5.05. The van der Waals surface area contributed by atoms with E-state index in [2.05, 4.69) is 17.1 Å². The van der Waals surface area contributed by atoms with Gasteiger partial charge >= 0.3 is 6.18 Å². The lowest BCUT2D eigenvalue weighted by molar-refractivity contribution is -0.138. The first kappa shape index (κ1) is 15.3. The Labute approximate surface area is 118 Å². The SMILES string of the molecule is CCN1CCCC(NCc2ccccc2C(F)(F)F)C1. The van der Waals surface area contributed by atoms with Crippen LogP contribution in [0.1, 0.15) is 30.9 Å². The highest BCUT2D eigenvalue weighted by molar-refractivity contribution is 5.29. The van der Waals surface area contributed by atoms with Crippen molar-refractivity contribution in [2.75, 3.05) is 19.6 Å². The molecule has 0 spiro atoms. The second kappa shape index (κ2) is 6.59. The van der Waals surface area contributed by atoms with Gasteiger partial charge in [-0.15, -0.1) is 0 Å². The van der Waals surface area contributed by atoms with Crippen molar-refractivity contribution in [2.24, 2.45) is 0 Å². The fraction of sp³-hybridized carbons (Fsp3) is 0.600. The number of hydrogen-bond acceptors (Lipinski definition) is 2. The van der Waals surface area contributed by atoms with Crippen LogP contribution in [-0.2, 0) is 12.7 Å². The molecule has 1 atom stereocenters. The Morgan fingerprint density at radius 3 is 2.75 bits per heavy atom. The molecule has 0 radical (unpaired) electrons. The van der Waals surface area contributed by atoms with E-state index in [9.17, 15) is 13.2 Å². The van der Waals surface area contributed by atoms with Crippen LogP contribution in [0, 0.1) is 0 Å². The molecule has 1 N–H and O–H groups in total. The highest BCUT2D eigenvalue weighted by Gasteiger charge is 2.32. The van der Waals surface area contributed by atoms with Crippen molar-refractivity contribution in [2.45, 2.75) is 38.5 Å². The summed E-state index contributed by atoms with van der Waals surface area (Å²) in [6, 6.07) is 6.08. The Morgan fingerprint density at radius 1 is 1.30 bits per heavy atom. The minimum atomic E-state index is -4.28. The molecule has 1 aromatic carbocycles. The van der Waals surface area contributed by atoms with Crippen LogP contribution in [0.15, 0.2) is 24.3 Å². The smallest absolute Gasteiger partial charge is 0.309 e. The number of benzene rings is 1. The molecular formula is C15H21F3N2. The van der Waals surface area contributed by atoms with Crippen LogP contribution in [0.5, 0.6) is 0 Å². The molecule has 2 rings (SSSR count). The zero-order valence-corrected chi connectivity index (χ0v) is 11.7. The molecule has 1 heterocycles. The van der Waals surface area contributed by atoms with E-state index in [4.69, 9.17) is 0 Å². The van der Waals surface area contributed by atoms with Gasteiger partial charge in [-0.2, -0.15) is 13.2 Å². The van der Waals surface area contributed by atoms with Crippen molar-refractivity contribution in [1.82, 2.24) is 10.2 Å². The highest BCUT2D eigenvalue weighted by Crippen LogP contribution is 2.31. The number of rotatable bonds is 4. The van der Waals surface area contributed by atoms with E-state index in [1.54, 1.807) is 12.1 Å². The highest BCUT2D eigenvalue weighted by atomic mass is 19.4. The largest absolute Gasteiger partial charge is 0.416 e. The van der Waals surface area contributed by atoms with Crippen molar-refractivity contribution in [3.8, 4) is 0 Å². The number of likely N-dealkylation sites (tertiary alicyclic amines) is 1. The minimum Gasteiger partial charge on any atom is -0.309 e. The first-order chi connectivity index (χ1) is 9.50. The van der Waals surface area contributed by atoms with E-state index in [1.807, 2.05) is 0 Å². The molecule has 0 amide bonds. The standard InChI is InChI=1S/C15H21F3N2/c1-2-20-9-5-7-13(11-20)19-10-12-6-3-4-8-14(12)15(16,17)18/h3-4,6,8,13,19H,2,5,7,9-11H2,1H3. The zero-order valence-electron chi connectivity index (χ0n) is 11.7. The Bertz CT molecular complexity index is 431. The third-order valence-corrected chi connectivity index (χ3v) is 3.86. The van der Waals surface area contributed by atoms with Crippen molar-refractivity contribution >= 4 is 0 Å². The van der Waals surface area contributed by atoms with Gasteiger partial charge in [0.05, 0.1) is 5.56 Å². The van der Waals surface area contributed by atoms with E-state index in [0.29, 0.717) is 5.56 Å². The summed E-state index contributed by atoms with van der Waals surface area (Å²) >= 11 is 0. The molecule has 1 unspecified atom stereocenters. The van der Waals surface area contributed by atoms with Gasteiger partial charge in [-0.05, 0) is 37.6 Å². The van der Waals surface area contributed by atoms with Gasteiger partial charge in [0.15, 0.2) is 0 Å². The van der Waals surface area contributed by atoms with E-state index >= 15 is 0 Å². The molecule has 0 bridgehead atoms. The lowest BCUT2D eigenvalue weighted by Gasteiger charge is -2.32. The normalized spacial score (nSPS) is 21.1. The van der Waals surface area contributed by atoms with Crippen LogP contribution in [0.2, 0.25) is 0 Å². The number of nitrogens with one attached hydrogen (secondary N) is 1. The first-order valence-corrected chi connectivity index (χ1v) is 7.11. The molecule has 1 aliphatic heterocycles. The predicted molar refractivity (Wildman–Crippen MR) is 73.4 cm³/mol. The maximum atomic E-state index is 12.9. The maximum Gasteiger partial charge on any atom is 0.416 e. The number of halogens is 3. The van der Waals surface area contributed by atoms with Gasteiger partial charge in [0.2, 0.25) is 0 Å². The average Bonchev–Trinajstić information content (AvgIpc) is 2.44. The number of piperidine rings is 1. The molecule has 112 valence electrons. The third kappa shape index (κ3) is 3.96. The summed E-state index contributed by atoms with van der Waals surface area (Å²) in [6.07, 6.45) is -2.14. The van der Waals surface area contributed by atoms with Crippen molar-refractivity contribution in [3.63, 3.8) is 0 Å². The van der Waals surface area contributed by atoms with Gasteiger partial charge in [0, 0.05) is 19.1 Å². The van der Waals surface area contributed by atoms with Crippen LogP contribution in [-0.4, -0.2) is 30.6 Å².